The molecule has 0 aromatic heterocycles. The molecule has 2 fully saturated rings. The first-order valence-electron chi connectivity index (χ1n) is 14.2. The number of fused-ring (bicyclic) bond motifs is 1. The number of nitrogens with zero attached hydrogens (tertiary/aromatic N) is 1. The van der Waals surface area contributed by atoms with Gasteiger partial charge in [-0.1, -0.05) is 34.1 Å². The molecule has 0 N–H and O–H groups in total. The van der Waals surface area contributed by atoms with Crippen molar-refractivity contribution in [1.82, 2.24) is 4.90 Å². The Morgan fingerprint density at radius 2 is 1.64 bits per heavy atom. The molecule has 9 heteroatoms. The highest BCUT2D eigenvalue weighted by molar-refractivity contribution is 6.34. The third-order valence-corrected chi connectivity index (χ3v) is 7.74. The van der Waals surface area contributed by atoms with Crippen molar-refractivity contribution in [3.8, 4) is 0 Å². The van der Waals surface area contributed by atoms with Gasteiger partial charge in [0.25, 0.3) is 0 Å². The van der Waals surface area contributed by atoms with E-state index >= 15 is 0 Å². The monoisotopic (exact) mass is 551 g/mol. The van der Waals surface area contributed by atoms with Crippen LogP contribution in [0.4, 0.5) is 0 Å². The van der Waals surface area contributed by atoms with Crippen LogP contribution in [-0.4, -0.2) is 71.3 Å². The molecule has 39 heavy (non-hydrogen) atoms. The van der Waals surface area contributed by atoms with E-state index in [0.29, 0.717) is 19.3 Å². The quantitative estimate of drug-likeness (QED) is 0.292. The summed E-state index contributed by atoms with van der Waals surface area (Å²) in [5, 5.41) is 0. The summed E-state index contributed by atoms with van der Waals surface area (Å²) < 4.78 is 16.5. The van der Waals surface area contributed by atoms with Crippen LogP contribution in [0.3, 0.4) is 0 Å². The summed E-state index contributed by atoms with van der Waals surface area (Å²) in [5.74, 6) is -4.49. The number of methoxy groups -OCH3 is 1. The SMILES string of the molecule is CCCC(CC(=O)[C@@H]1C2CCC(C)(C)OC2CN1C(=O)[C@@H](CC(=O)OC(C)(C)C)C(C)(C)C)C(=O)C(=O)OC. The van der Waals surface area contributed by atoms with Crippen LogP contribution in [-0.2, 0) is 38.2 Å². The molecule has 0 spiro atoms. The lowest BCUT2D eigenvalue weighted by molar-refractivity contribution is -0.161. The van der Waals surface area contributed by atoms with Crippen molar-refractivity contribution in [1.29, 1.82) is 0 Å². The van der Waals surface area contributed by atoms with Crippen LogP contribution in [0.25, 0.3) is 0 Å². The Bertz CT molecular complexity index is 942. The number of rotatable bonds is 10. The average molecular weight is 552 g/mol. The minimum atomic E-state index is -0.966. The number of Topliss-reactive ketones (excluding diaryl/α,β-unsaturated/α-hetero) is 2. The molecular formula is C30H49NO8. The number of likely N-dealkylation sites (tertiary alicyclic amines) is 1. The Morgan fingerprint density at radius 1 is 1.03 bits per heavy atom. The Kier molecular flexibility index (Phi) is 10.5. The summed E-state index contributed by atoms with van der Waals surface area (Å²) in [4.78, 5) is 67.2. The molecule has 0 aromatic carbocycles. The number of carbonyl (C=O) groups is 5. The van der Waals surface area contributed by atoms with Crippen molar-refractivity contribution < 1.29 is 38.2 Å². The molecule has 2 rings (SSSR count). The second-order valence-corrected chi connectivity index (χ2v) is 13.8. The van der Waals surface area contributed by atoms with Gasteiger partial charge >= 0.3 is 11.9 Å². The number of carbonyl (C=O) groups excluding carboxylic acids is 5. The second kappa shape index (κ2) is 12.5. The molecule has 5 atom stereocenters. The molecular weight excluding hydrogens is 502 g/mol. The molecule has 0 bridgehead atoms. The van der Waals surface area contributed by atoms with Gasteiger partial charge in [-0.25, -0.2) is 4.79 Å². The molecule has 9 nitrogen and oxygen atoms in total. The Hall–Kier alpha value is -2.29. The summed E-state index contributed by atoms with van der Waals surface area (Å²) in [6.07, 6.45) is 1.77. The Morgan fingerprint density at radius 3 is 2.15 bits per heavy atom. The summed E-state index contributed by atoms with van der Waals surface area (Å²) in [5.41, 5.74) is -1.66. The van der Waals surface area contributed by atoms with Gasteiger partial charge in [-0.3, -0.25) is 19.2 Å². The Labute approximate surface area is 233 Å². The molecule has 222 valence electrons. The molecule has 0 radical (unpaired) electrons. The average Bonchev–Trinajstić information content (AvgIpc) is 3.16. The molecule has 0 aliphatic carbocycles. The molecule has 0 saturated carbocycles. The number of ketones is 2. The van der Waals surface area contributed by atoms with E-state index in [4.69, 9.17) is 9.47 Å². The van der Waals surface area contributed by atoms with Crippen molar-refractivity contribution in [3.05, 3.63) is 0 Å². The highest BCUT2D eigenvalue weighted by Gasteiger charge is 2.54. The summed E-state index contributed by atoms with van der Waals surface area (Å²) >= 11 is 0. The van der Waals surface area contributed by atoms with Crippen molar-refractivity contribution in [2.24, 2.45) is 23.2 Å². The topological polar surface area (TPSA) is 116 Å². The minimum Gasteiger partial charge on any atom is -0.463 e. The summed E-state index contributed by atoms with van der Waals surface area (Å²) in [7, 11) is 1.14. The molecule has 0 aromatic rings. The van der Waals surface area contributed by atoms with Gasteiger partial charge in [0.05, 0.1) is 37.2 Å². The van der Waals surface area contributed by atoms with Gasteiger partial charge in [0.2, 0.25) is 11.7 Å². The first kappa shape index (κ1) is 32.9. The zero-order valence-electron chi connectivity index (χ0n) is 25.5. The number of esters is 2. The van der Waals surface area contributed by atoms with E-state index < -0.39 is 46.6 Å². The fourth-order valence-electron chi connectivity index (χ4n) is 5.79. The van der Waals surface area contributed by atoms with Crippen molar-refractivity contribution >= 4 is 29.4 Å². The molecule has 2 aliphatic heterocycles. The largest absolute Gasteiger partial charge is 0.463 e. The van der Waals surface area contributed by atoms with Crippen LogP contribution >= 0.6 is 0 Å². The van der Waals surface area contributed by atoms with Crippen LogP contribution in [0.1, 0.15) is 101 Å². The Balaban J connectivity index is 2.42. The number of amides is 1. The van der Waals surface area contributed by atoms with Crippen LogP contribution in [0.2, 0.25) is 0 Å². The summed E-state index contributed by atoms with van der Waals surface area (Å²) in [6, 6.07) is -0.799. The van der Waals surface area contributed by atoms with Gasteiger partial charge in [-0.05, 0) is 59.3 Å². The number of ether oxygens (including phenoxy) is 3. The number of hydrogen-bond donors (Lipinski definition) is 0. The second-order valence-electron chi connectivity index (χ2n) is 13.8. The smallest absolute Gasteiger partial charge is 0.374 e. The lowest BCUT2D eigenvalue weighted by Crippen LogP contribution is -2.50. The van der Waals surface area contributed by atoms with Crippen molar-refractivity contribution in [3.63, 3.8) is 0 Å². The van der Waals surface area contributed by atoms with E-state index in [-0.39, 0.29) is 48.7 Å². The van der Waals surface area contributed by atoms with Crippen LogP contribution < -0.4 is 0 Å². The maximum Gasteiger partial charge on any atom is 0.374 e. The van der Waals surface area contributed by atoms with Gasteiger partial charge in [0.15, 0.2) is 5.78 Å². The highest BCUT2D eigenvalue weighted by atomic mass is 16.6. The minimum absolute atomic E-state index is 0.113. The maximum absolute atomic E-state index is 14.2. The van der Waals surface area contributed by atoms with Crippen molar-refractivity contribution in [2.45, 2.75) is 124 Å². The van der Waals surface area contributed by atoms with Gasteiger partial charge in [-0.15, -0.1) is 0 Å². The zero-order valence-corrected chi connectivity index (χ0v) is 25.5. The maximum atomic E-state index is 14.2. The van der Waals surface area contributed by atoms with E-state index in [2.05, 4.69) is 4.74 Å². The van der Waals surface area contributed by atoms with Gasteiger partial charge in [-0.2, -0.15) is 0 Å². The fraction of sp³-hybridized carbons (Fsp3) is 0.833. The van der Waals surface area contributed by atoms with E-state index in [1.807, 2.05) is 41.5 Å². The molecule has 1 amide bonds. The van der Waals surface area contributed by atoms with Gasteiger partial charge in [0.1, 0.15) is 5.60 Å². The number of hydrogen-bond acceptors (Lipinski definition) is 8. The zero-order chi connectivity index (χ0) is 29.9. The molecule has 2 aliphatic rings. The van der Waals surface area contributed by atoms with Gasteiger partial charge < -0.3 is 19.1 Å². The van der Waals surface area contributed by atoms with Crippen LogP contribution in [0.15, 0.2) is 0 Å². The van der Waals surface area contributed by atoms with E-state index in [1.54, 1.807) is 25.7 Å². The predicted octanol–water partition coefficient (Wildman–Crippen LogP) is 4.28. The van der Waals surface area contributed by atoms with Crippen LogP contribution in [0.5, 0.6) is 0 Å². The van der Waals surface area contributed by atoms with E-state index in [1.165, 1.54) is 0 Å². The third-order valence-electron chi connectivity index (χ3n) is 7.74. The van der Waals surface area contributed by atoms with E-state index in [0.717, 1.165) is 13.5 Å². The normalized spacial score (nSPS) is 24.4. The lowest BCUT2D eigenvalue weighted by Gasteiger charge is -2.39. The predicted molar refractivity (Wildman–Crippen MR) is 146 cm³/mol. The lowest BCUT2D eigenvalue weighted by atomic mass is 9.77. The van der Waals surface area contributed by atoms with Gasteiger partial charge in [0, 0.05) is 24.8 Å². The van der Waals surface area contributed by atoms with E-state index in [9.17, 15) is 24.0 Å². The van der Waals surface area contributed by atoms with Crippen LogP contribution in [0, 0.1) is 23.2 Å². The highest BCUT2D eigenvalue weighted by Crippen LogP contribution is 2.43. The first-order chi connectivity index (χ1) is 17.8. The summed E-state index contributed by atoms with van der Waals surface area (Å²) in [6.45, 7) is 17.1. The standard InChI is InChI=1S/C30H49NO8/c1-11-12-18(25(34)27(36)37-10)15-21(32)24-19-13-14-30(8,9)38-22(19)17-31(24)26(35)20(28(2,3)4)16-23(33)39-29(5,6)7/h18-20,22,24H,11-17H2,1-10H3/t18?,19?,20-,22?,24+/m1/s1. The third kappa shape index (κ3) is 8.60. The fourth-order valence-corrected chi connectivity index (χ4v) is 5.79. The molecule has 2 saturated heterocycles. The first-order valence-corrected chi connectivity index (χ1v) is 14.2. The molecule has 2 heterocycles. The molecule has 3 unspecified atom stereocenters. The van der Waals surface area contributed by atoms with Crippen molar-refractivity contribution in [2.75, 3.05) is 13.7 Å².